The van der Waals surface area contributed by atoms with E-state index in [1.54, 1.807) is 12.1 Å². The second kappa shape index (κ2) is 7.88. The van der Waals surface area contributed by atoms with Crippen LogP contribution in [0, 0.1) is 5.92 Å². The van der Waals surface area contributed by atoms with Crippen molar-refractivity contribution in [2.45, 2.75) is 25.8 Å². The third kappa shape index (κ3) is 4.30. The minimum atomic E-state index is 0. The van der Waals surface area contributed by atoms with Gasteiger partial charge < -0.3 is 20.2 Å². The van der Waals surface area contributed by atoms with Crippen LogP contribution in [-0.2, 0) is 4.79 Å². The molecule has 2 fully saturated rings. The van der Waals surface area contributed by atoms with E-state index in [0.29, 0.717) is 17.7 Å². The second-order valence-corrected chi connectivity index (χ2v) is 6.41. The quantitative estimate of drug-likeness (QED) is 0.863. The zero-order chi connectivity index (χ0) is 15.5. The number of halogens is 1. The van der Waals surface area contributed by atoms with Gasteiger partial charge in [-0.05, 0) is 38.4 Å². The number of aromatic hydroxyl groups is 1. The zero-order valence-electron chi connectivity index (χ0n) is 13.6. The maximum atomic E-state index is 12.6. The van der Waals surface area contributed by atoms with Crippen LogP contribution in [0.3, 0.4) is 0 Å². The summed E-state index contributed by atoms with van der Waals surface area (Å²) in [6, 6.07) is 7.77. The molecule has 0 aromatic heterocycles. The summed E-state index contributed by atoms with van der Waals surface area (Å²) in [5.41, 5.74) is 1.03. The Morgan fingerprint density at radius 1 is 1.26 bits per heavy atom. The van der Waals surface area contributed by atoms with E-state index in [4.69, 9.17) is 0 Å². The summed E-state index contributed by atoms with van der Waals surface area (Å²) in [5, 5.41) is 13.0. The number of hydrogen-bond acceptors (Lipinski definition) is 4. The molecule has 2 atom stereocenters. The number of phenols is 1. The number of carbonyl (C=O) groups excluding carboxylic acids is 1. The fourth-order valence-electron chi connectivity index (χ4n) is 3.49. The number of phenolic OH excluding ortho intramolecular Hbond substituents is 1. The normalized spacial score (nSPS) is 24.9. The molecule has 0 saturated carbocycles. The van der Waals surface area contributed by atoms with Crippen molar-refractivity contribution in [1.82, 2.24) is 10.2 Å². The van der Waals surface area contributed by atoms with Crippen LogP contribution in [0.4, 0.5) is 5.69 Å². The van der Waals surface area contributed by atoms with E-state index in [1.807, 2.05) is 17.0 Å². The average Bonchev–Trinajstić information content (AvgIpc) is 2.54. The molecule has 23 heavy (non-hydrogen) atoms. The highest BCUT2D eigenvalue weighted by atomic mass is 35.5. The van der Waals surface area contributed by atoms with Crippen molar-refractivity contribution in [3.05, 3.63) is 24.3 Å². The standard InChI is InChI=1S/C17H25N3O2.ClH/c1-13-11-14(5-6-18-13)17(22)20-9-7-19(8-10-20)15-3-2-4-16(21)12-15;/h2-4,12-14,18,21H,5-11H2,1H3;1H/t13-,14-;/m0./s1. The smallest absolute Gasteiger partial charge is 0.225 e. The molecule has 2 aliphatic rings. The first-order valence-electron chi connectivity index (χ1n) is 8.19. The highest BCUT2D eigenvalue weighted by Gasteiger charge is 2.30. The van der Waals surface area contributed by atoms with Crippen molar-refractivity contribution in [2.75, 3.05) is 37.6 Å². The Kier molecular flexibility index (Phi) is 6.13. The summed E-state index contributed by atoms with van der Waals surface area (Å²) in [4.78, 5) is 16.9. The first-order valence-corrected chi connectivity index (χ1v) is 8.19. The lowest BCUT2D eigenvalue weighted by Gasteiger charge is -2.39. The third-order valence-electron chi connectivity index (χ3n) is 4.76. The van der Waals surface area contributed by atoms with Gasteiger partial charge in [0.2, 0.25) is 5.91 Å². The maximum Gasteiger partial charge on any atom is 0.225 e. The first kappa shape index (κ1) is 17.9. The van der Waals surface area contributed by atoms with Crippen molar-refractivity contribution >= 4 is 24.0 Å². The van der Waals surface area contributed by atoms with Gasteiger partial charge in [-0.2, -0.15) is 0 Å². The number of piperazine rings is 1. The predicted molar refractivity (Wildman–Crippen MR) is 94.3 cm³/mol. The Labute approximate surface area is 144 Å². The van der Waals surface area contributed by atoms with Crippen LogP contribution >= 0.6 is 12.4 Å². The topological polar surface area (TPSA) is 55.8 Å². The number of hydrogen-bond donors (Lipinski definition) is 2. The lowest BCUT2D eigenvalue weighted by molar-refractivity contribution is -0.137. The van der Waals surface area contributed by atoms with Crippen LogP contribution in [0.5, 0.6) is 5.75 Å². The van der Waals surface area contributed by atoms with E-state index in [0.717, 1.165) is 51.3 Å². The summed E-state index contributed by atoms with van der Waals surface area (Å²) in [6.07, 6.45) is 1.90. The number of rotatable bonds is 2. The van der Waals surface area contributed by atoms with E-state index < -0.39 is 0 Å². The summed E-state index contributed by atoms with van der Waals surface area (Å²) >= 11 is 0. The number of piperidine rings is 1. The van der Waals surface area contributed by atoms with Crippen LogP contribution in [0.15, 0.2) is 24.3 Å². The molecular formula is C17H26ClN3O2. The van der Waals surface area contributed by atoms with E-state index in [9.17, 15) is 9.90 Å². The Hall–Kier alpha value is -1.46. The summed E-state index contributed by atoms with van der Waals surface area (Å²) in [5.74, 6) is 0.798. The predicted octanol–water partition coefficient (Wildman–Crippen LogP) is 1.85. The molecule has 6 heteroatoms. The van der Waals surface area contributed by atoms with Gasteiger partial charge in [-0.1, -0.05) is 6.07 Å². The van der Waals surface area contributed by atoms with E-state index >= 15 is 0 Å². The molecule has 1 aromatic rings. The number of nitrogens with zero attached hydrogens (tertiary/aromatic N) is 2. The molecular weight excluding hydrogens is 314 g/mol. The Balaban J connectivity index is 0.00000192. The number of benzene rings is 1. The van der Waals surface area contributed by atoms with E-state index in [-0.39, 0.29) is 18.3 Å². The molecule has 3 rings (SSSR count). The van der Waals surface area contributed by atoms with Gasteiger partial charge in [0.1, 0.15) is 5.75 Å². The molecule has 2 saturated heterocycles. The minimum Gasteiger partial charge on any atom is -0.508 e. The minimum absolute atomic E-state index is 0. The largest absolute Gasteiger partial charge is 0.508 e. The van der Waals surface area contributed by atoms with Crippen LogP contribution in [0.25, 0.3) is 0 Å². The van der Waals surface area contributed by atoms with E-state index in [1.165, 1.54) is 0 Å². The van der Waals surface area contributed by atoms with Crippen LogP contribution in [0.1, 0.15) is 19.8 Å². The third-order valence-corrected chi connectivity index (χ3v) is 4.76. The van der Waals surface area contributed by atoms with Gasteiger partial charge in [-0.15, -0.1) is 12.4 Å². The molecule has 5 nitrogen and oxygen atoms in total. The summed E-state index contributed by atoms with van der Waals surface area (Å²) in [7, 11) is 0. The Bertz CT molecular complexity index is 532. The molecule has 1 amide bonds. The fourth-order valence-corrected chi connectivity index (χ4v) is 3.49. The van der Waals surface area contributed by atoms with E-state index in [2.05, 4.69) is 17.1 Å². The zero-order valence-corrected chi connectivity index (χ0v) is 14.4. The highest BCUT2D eigenvalue weighted by molar-refractivity contribution is 5.85. The lowest BCUT2D eigenvalue weighted by atomic mass is 9.92. The van der Waals surface area contributed by atoms with Crippen molar-refractivity contribution in [2.24, 2.45) is 5.92 Å². The number of nitrogens with one attached hydrogen (secondary N) is 1. The maximum absolute atomic E-state index is 12.6. The van der Waals surface area contributed by atoms with Gasteiger partial charge in [0.05, 0.1) is 0 Å². The van der Waals surface area contributed by atoms with Gasteiger partial charge in [-0.25, -0.2) is 0 Å². The first-order chi connectivity index (χ1) is 10.6. The van der Waals surface area contributed by atoms with Gasteiger partial charge >= 0.3 is 0 Å². The molecule has 128 valence electrons. The monoisotopic (exact) mass is 339 g/mol. The number of amides is 1. The molecule has 0 bridgehead atoms. The SMILES string of the molecule is C[C@H]1C[C@@H](C(=O)N2CCN(c3cccc(O)c3)CC2)CCN1.Cl. The molecule has 2 heterocycles. The second-order valence-electron chi connectivity index (χ2n) is 6.41. The highest BCUT2D eigenvalue weighted by Crippen LogP contribution is 2.23. The lowest BCUT2D eigenvalue weighted by Crippen LogP contribution is -2.52. The molecule has 1 aromatic carbocycles. The molecule has 0 spiro atoms. The van der Waals surface area contributed by atoms with Gasteiger partial charge in [0.15, 0.2) is 0 Å². The van der Waals surface area contributed by atoms with Gasteiger partial charge in [0, 0.05) is 49.9 Å². The average molecular weight is 340 g/mol. The van der Waals surface area contributed by atoms with Crippen molar-refractivity contribution in [1.29, 1.82) is 0 Å². The number of carbonyl (C=O) groups is 1. The Morgan fingerprint density at radius 3 is 2.65 bits per heavy atom. The summed E-state index contributed by atoms with van der Waals surface area (Å²) < 4.78 is 0. The van der Waals surface area contributed by atoms with Crippen molar-refractivity contribution < 1.29 is 9.90 Å². The molecule has 2 N–H and O–H groups in total. The van der Waals surface area contributed by atoms with Crippen LogP contribution in [0.2, 0.25) is 0 Å². The molecule has 0 unspecified atom stereocenters. The van der Waals surface area contributed by atoms with Crippen LogP contribution < -0.4 is 10.2 Å². The van der Waals surface area contributed by atoms with Crippen molar-refractivity contribution in [3.8, 4) is 5.75 Å². The van der Waals surface area contributed by atoms with Gasteiger partial charge in [0.25, 0.3) is 0 Å². The van der Waals surface area contributed by atoms with Crippen molar-refractivity contribution in [3.63, 3.8) is 0 Å². The fraction of sp³-hybridized carbons (Fsp3) is 0.588. The van der Waals surface area contributed by atoms with Crippen LogP contribution in [-0.4, -0.2) is 54.7 Å². The molecule has 0 radical (unpaired) electrons. The summed E-state index contributed by atoms with van der Waals surface area (Å²) in [6.45, 7) is 6.30. The molecule has 0 aliphatic carbocycles. The Morgan fingerprint density at radius 2 is 2.00 bits per heavy atom. The molecule has 2 aliphatic heterocycles. The van der Waals surface area contributed by atoms with Gasteiger partial charge in [-0.3, -0.25) is 4.79 Å². The number of anilines is 1.